The molecule has 0 aromatic heterocycles. The van der Waals surface area contributed by atoms with Crippen LogP contribution in [0.25, 0.3) is 0 Å². The molecule has 2 amide bonds. The third-order valence-corrected chi connectivity index (χ3v) is 4.90. The van der Waals surface area contributed by atoms with Gasteiger partial charge in [-0.1, -0.05) is 28.1 Å². The summed E-state index contributed by atoms with van der Waals surface area (Å²) in [6.45, 7) is 2.84. The van der Waals surface area contributed by atoms with Crippen molar-refractivity contribution in [1.82, 2.24) is 5.32 Å². The van der Waals surface area contributed by atoms with Crippen molar-refractivity contribution in [2.45, 2.75) is 26.2 Å². The first kappa shape index (κ1) is 19.4. The molecule has 0 spiro atoms. The lowest BCUT2D eigenvalue weighted by Crippen LogP contribution is -2.28. The summed E-state index contributed by atoms with van der Waals surface area (Å²) in [4.78, 5) is 24.5. The zero-order valence-electron chi connectivity index (χ0n) is 15.3. The van der Waals surface area contributed by atoms with Gasteiger partial charge in [-0.05, 0) is 61.6 Å². The van der Waals surface area contributed by atoms with E-state index in [1.54, 1.807) is 12.1 Å². The first-order chi connectivity index (χ1) is 13.0. The number of nitrogens with one attached hydrogen (secondary N) is 2. The molecule has 0 bridgehead atoms. The molecular weight excluding hydrogens is 408 g/mol. The van der Waals surface area contributed by atoms with E-state index in [1.165, 1.54) is 12.8 Å². The Morgan fingerprint density at radius 1 is 1.19 bits per heavy atom. The molecule has 3 rings (SSSR count). The van der Waals surface area contributed by atoms with E-state index in [-0.39, 0.29) is 24.8 Å². The van der Waals surface area contributed by atoms with Gasteiger partial charge in [0.15, 0.2) is 0 Å². The summed E-state index contributed by atoms with van der Waals surface area (Å²) in [5.41, 5.74) is 2.25. The van der Waals surface area contributed by atoms with Crippen LogP contribution < -0.4 is 15.4 Å². The summed E-state index contributed by atoms with van der Waals surface area (Å²) < 4.78 is 6.73. The smallest absolute Gasteiger partial charge is 0.255 e. The molecule has 1 aliphatic carbocycles. The van der Waals surface area contributed by atoms with Gasteiger partial charge < -0.3 is 15.4 Å². The van der Waals surface area contributed by atoms with Crippen molar-refractivity contribution in [3.8, 4) is 5.75 Å². The van der Waals surface area contributed by atoms with E-state index in [0.29, 0.717) is 23.8 Å². The van der Waals surface area contributed by atoms with Gasteiger partial charge in [0, 0.05) is 23.1 Å². The van der Waals surface area contributed by atoms with Gasteiger partial charge >= 0.3 is 0 Å². The first-order valence-corrected chi connectivity index (χ1v) is 9.88. The second kappa shape index (κ2) is 9.04. The van der Waals surface area contributed by atoms with Crippen LogP contribution in [0.1, 0.15) is 35.2 Å². The summed E-state index contributed by atoms with van der Waals surface area (Å²) in [7, 11) is 0. The summed E-state index contributed by atoms with van der Waals surface area (Å²) in [6, 6.07) is 12.9. The van der Waals surface area contributed by atoms with Crippen LogP contribution in [0.3, 0.4) is 0 Å². The van der Waals surface area contributed by atoms with Gasteiger partial charge in [-0.15, -0.1) is 0 Å². The van der Waals surface area contributed by atoms with Gasteiger partial charge in [0.05, 0.1) is 12.2 Å². The van der Waals surface area contributed by atoms with Crippen LogP contribution in [0.5, 0.6) is 5.75 Å². The Hall–Kier alpha value is -2.34. The maximum Gasteiger partial charge on any atom is 0.255 e. The van der Waals surface area contributed by atoms with Crippen LogP contribution in [0.2, 0.25) is 0 Å². The van der Waals surface area contributed by atoms with Crippen molar-refractivity contribution < 1.29 is 14.3 Å². The molecule has 0 radical (unpaired) electrons. The van der Waals surface area contributed by atoms with Crippen LogP contribution >= 0.6 is 15.9 Å². The largest absolute Gasteiger partial charge is 0.492 e. The van der Waals surface area contributed by atoms with Crippen molar-refractivity contribution in [3.63, 3.8) is 0 Å². The maximum absolute atomic E-state index is 12.4. The third kappa shape index (κ3) is 5.82. The number of aryl methyl sites for hydroxylation is 1. The molecule has 142 valence electrons. The highest BCUT2D eigenvalue weighted by Gasteiger charge is 2.23. The quantitative estimate of drug-likeness (QED) is 0.655. The van der Waals surface area contributed by atoms with Gasteiger partial charge in [0.25, 0.3) is 5.91 Å². The summed E-state index contributed by atoms with van der Waals surface area (Å²) in [6.07, 6.45) is 2.59. The Labute approximate surface area is 167 Å². The van der Waals surface area contributed by atoms with Crippen molar-refractivity contribution >= 4 is 33.4 Å². The fraction of sp³-hybridized carbons (Fsp3) is 0.333. The van der Waals surface area contributed by atoms with Gasteiger partial charge in [0.1, 0.15) is 5.75 Å². The molecule has 1 aliphatic rings. The molecule has 1 saturated carbocycles. The van der Waals surface area contributed by atoms with Gasteiger partial charge in [-0.25, -0.2) is 0 Å². The molecule has 2 aromatic rings. The Kier molecular flexibility index (Phi) is 6.50. The minimum atomic E-state index is -0.228. The molecule has 0 atom stereocenters. The summed E-state index contributed by atoms with van der Waals surface area (Å²) in [5, 5.41) is 5.66. The molecule has 0 unspecified atom stereocenters. The molecule has 2 aromatic carbocycles. The van der Waals surface area contributed by atoms with Crippen LogP contribution in [-0.2, 0) is 4.79 Å². The normalized spacial score (nSPS) is 13.1. The number of benzene rings is 2. The van der Waals surface area contributed by atoms with Crippen LogP contribution in [0.4, 0.5) is 5.69 Å². The molecule has 2 N–H and O–H groups in total. The Morgan fingerprint density at radius 2 is 1.96 bits per heavy atom. The van der Waals surface area contributed by atoms with Crippen LogP contribution in [0.15, 0.2) is 46.9 Å². The van der Waals surface area contributed by atoms with E-state index in [9.17, 15) is 9.59 Å². The number of amides is 2. The van der Waals surface area contributed by atoms with Crippen molar-refractivity contribution in [2.24, 2.45) is 5.92 Å². The number of rotatable bonds is 8. The summed E-state index contributed by atoms with van der Waals surface area (Å²) in [5.74, 6) is 0.844. The number of hydrogen-bond donors (Lipinski definition) is 2. The predicted molar refractivity (Wildman–Crippen MR) is 109 cm³/mol. The number of halogens is 1. The van der Waals surface area contributed by atoms with Crippen molar-refractivity contribution in [3.05, 3.63) is 58.1 Å². The Balaban J connectivity index is 1.48. The predicted octanol–water partition coefficient (Wildman–Crippen LogP) is 4.30. The zero-order chi connectivity index (χ0) is 19.2. The van der Waals surface area contributed by atoms with Crippen molar-refractivity contribution in [2.75, 3.05) is 18.5 Å². The molecule has 6 heteroatoms. The minimum absolute atomic E-state index is 0.140. The highest BCUT2D eigenvalue weighted by Crippen LogP contribution is 2.30. The summed E-state index contributed by atoms with van der Waals surface area (Å²) >= 11 is 3.40. The third-order valence-electron chi connectivity index (χ3n) is 4.40. The van der Waals surface area contributed by atoms with Gasteiger partial charge in [-0.2, -0.15) is 0 Å². The van der Waals surface area contributed by atoms with E-state index in [0.717, 1.165) is 15.7 Å². The Morgan fingerprint density at radius 3 is 2.70 bits per heavy atom. The average molecular weight is 431 g/mol. The number of ether oxygens (including phenoxy) is 1. The number of carbonyl (C=O) groups excluding carboxylic acids is 2. The van der Waals surface area contributed by atoms with Gasteiger partial charge in [0.2, 0.25) is 5.91 Å². The maximum atomic E-state index is 12.4. The fourth-order valence-corrected chi connectivity index (χ4v) is 3.11. The molecule has 0 saturated heterocycles. The highest BCUT2D eigenvalue weighted by molar-refractivity contribution is 9.10. The fourth-order valence-electron chi connectivity index (χ4n) is 2.64. The number of para-hydroxylation sites is 1. The molecule has 5 nitrogen and oxygen atoms in total. The monoisotopic (exact) mass is 430 g/mol. The number of anilines is 1. The van der Waals surface area contributed by atoms with Crippen LogP contribution in [0, 0.1) is 12.8 Å². The zero-order valence-corrected chi connectivity index (χ0v) is 16.8. The topological polar surface area (TPSA) is 67.4 Å². The number of hydrogen-bond acceptors (Lipinski definition) is 3. The van der Waals surface area contributed by atoms with E-state index in [1.807, 2.05) is 37.3 Å². The van der Waals surface area contributed by atoms with Crippen molar-refractivity contribution in [1.29, 1.82) is 0 Å². The van der Waals surface area contributed by atoms with Crippen LogP contribution in [-0.4, -0.2) is 25.0 Å². The molecule has 27 heavy (non-hydrogen) atoms. The van der Waals surface area contributed by atoms with Gasteiger partial charge in [-0.3, -0.25) is 9.59 Å². The first-order valence-electron chi connectivity index (χ1n) is 9.09. The molecule has 0 heterocycles. The second-order valence-electron chi connectivity index (χ2n) is 6.76. The SMILES string of the molecule is Cc1cc(Br)ccc1NC(=O)CCNC(=O)c1ccccc1OCC1CC1. The molecular formula is C21H23BrN2O3. The minimum Gasteiger partial charge on any atom is -0.492 e. The molecule has 1 fully saturated rings. The second-order valence-corrected chi connectivity index (χ2v) is 7.68. The van der Waals surface area contributed by atoms with E-state index < -0.39 is 0 Å². The van der Waals surface area contributed by atoms with E-state index in [4.69, 9.17) is 4.74 Å². The Bertz CT molecular complexity index is 834. The van der Waals surface area contributed by atoms with E-state index >= 15 is 0 Å². The lowest BCUT2D eigenvalue weighted by molar-refractivity contribution is -0.116. The lowest BCUT2D eigenvalue weighted by atomic mass is 10.2. The standard InChI is InChI=1S/C21H23BrN2O3/c1-14-12-16(22)8-9-18(14)24-20(25)10-11-23-21(26)17-4-2-3-5-19(17)27-13-15-6-7-15/h2-5,8-9,12,15H,6-7,10-11,13H2,1H3,(H,23,26)(H,24,25). The van der Waals surface area contributed by atoms with E-state index in [2.05, 4.69) is 26.6 Å². The molecule has 0 aliphatic heterocycles. The lowest BCUT2D eigenvalue weighted by Gasteiger charge is -2.12. The highest BCUT2D eigenvalue weighted by atomic mass is 79.9. The average Bonchev–Trinajstić information content (AvgIpc) is 3.47. The number of carbonyl (C=O) groups is 2.